The third kappa shape index (κ3) is 1.59. The molecule has 1 saturated carbocycles. The highest BCUT2D eigenvalue weighted by molar-refractivity contribution is 5.89. The van der Waals surface area contributed by atoms with Crippen LogP contribution in [0.3, 0.4) is 0 Å². The maximum Gasteiger partial charge on any atom is 0.307 e. The lowest BCUT2D eigenvalue weighted by atomic mass is 10.3. The van der Waals surface area contributed by atoms with E-state index in [-0.39, 0.29) is 17.9 Å². The summed E-state index contributed by atoms with van der Waals surface area (Å²) in [5, 5.41) is 8.67. The second-order valence-corrected chi connectivity index (χ2v) is 4.12. The van der Waals surface area contributed by atoms with E-state index in [1.165, 1.54) is 0 Å². The fraction of sp³-hybridized carbons (Fsp3) is 0.778. The van der Waals surface area contributed by atoms with Gasteiger partial charge in [-0.05, 0) is 12.8 Å². The molecule has 0 aromatic carbocycles. The minimum Gasteiger partial charge on any atom is -0.481 e. The van der Waals surface area contributed by atoms with Crippen LogP contribution in [-0.2, 0) is 9.59 Å². The molecular weight excluding hydrogens is 184 g/mol. The van der Waals surface area contributed by atoms with Crippen molar-refractivity contribution in [1.29, 1.82) is 0 Å². The predicted octanol–water partition coefficient (Wildman–Crippen LogP) is -0.733. The Kier molecular flexibility index (Phi) is 2.19. The Morgan fingerprint density at radius 1 is 1.36 bits per heavy atom. The highest BCUT2D eigenvalue weighted by Gasteiger charge is 2.50. The van der Waals surface area contributed by atoms with Crippen molar-refractivity contribution in [2.75, 3.05) is 13.1 Å². The summed E-state index contributed by atoms with van der Waals surface area (Å²) in [6.07, 6.45) is 1.33. The van der Waals surface area contributed by atoms with Gasteiger partial charge in [0.1, 0.15) is 0 Å². The Bertz CT molecular complexity index is 279. The van der Waals surface area contributed by atoms with Gasteiger partial charge < -0.3 is 15.7 Å². The summed E-state index contributed by atoms with van der Waals surface area (Å²) in [5.41, 5.74) is 5.67. The van der Waals surface area contributed by atoms with Crippen LogP contribution < -0.4 is 5.73 Å². The van der Waals surface area contributed by atoms with Crippen LogP contribution in [0.2, 0.25) is 0 Å². The van der Waals surface area contributed by atoms with Crippen LogP contribution in [0, 0.1) is 11.8 Å². The lowest BCUT2D eigenvalue weighted by Gasteiger charge is -2.15. The van der Waals surface area contributed by atoms with Gasteiger partial charge in [-0.25, -0.2) is 0 Å². The number of aliphatic carboxylic acids is 1. The molecule has 14 heavy (non-hydrogen) atoms. The van der Waals surface area contributed by atoms with Gasteiger partial charge >= 0.3 is 5.97 Å². The third-order valence-electron chi connectivity index (χ3n) is 2.96. The van der Waals surface area contributed by atoms with Crippen LogP contribution in [0.25, 0.3) is 0 Å². The number of amides is 1. The lowest BCUT2D eigenvalue weighted by Crippen LogP contribution is -2.33. The van der Waals surface area contributed by atoms with Crippen LogP contribution in [-0.4, -0.2) is 41.0 Å². The van der Waals surface area contributed by atoms with Gasteiger partial charge in [0, 0.05) is 19.1 Å². The Hall–Kier alpha value is -1.10. The van der Waals surface area contributed by atoms with Gasteiger partial charge in [-0.2, -0.15) is 0 Å². The molecule has 5 heteroatoms. The number of carbonyl (C=O) groups is 2. The van der Waals surface area contributed by atoms with Crippen molar-refractivity contribution >= 4 is 11.9 Å². The van der Waals surface area contributed by atoms with Gasteiger partial charge in [0.05, 0.1) is 11.8 Å². The second kappa shape index (κ2) is 3.24. The molecule has 1 unspecified atom stereocenters. The molecule has 5 nitrogen and oxygen atoms in total. The number of rotatable bonds is 2. The first-order chi connectivity index (χ1) is 6.59. The van der Waals surface area contributed by atoms with E-state index in [1.807, 2.05) is 0 Å². The standard InChI is InChI=1S/C9H14N2O3/c10-5-1-2-11(4-5)8(12)6-3-7(6)9(13)14/h5-7H,1-4,10H2,(H,13,14)/t5?,6-,7+/m1/s1. The zero-order valence-electron chi connectivity index (χ0n) is 7.85. The Labute approximate surface area is 81.9 Å². The van der Waals surface area contributed by atoms with Gasteiger partial charge in [0.25, 0.3) is 0 Å². The molecule has 2 rings (SSSR count). The summed E-state index contributed by atoms with van der Waals surface area (Å²) in [6, 6.07) is 0.0704. The Balaban J connectivity index is 1.88. The van der Waals surface area contributed by atoms with Gasteiger partial charge in [-0.1, -0.05) is 0 Å². The molecule has 1 aliphatic carbocycles. The quantitative estimate of drug-likeness (QED) is 0.612. The first-order valence-corrected chi connectivity index (χ1v) is 4.86. The molecule has 0 aromatic rings. The molecule has 0 spiro atoms. The number of nitrogens with zero attached hydrogens (tertiary/aromatic N) is 1. The first-order valence-electron chi connectivity index (χ1n) is 4.86. The van der Waals surface area contributed by atoms with Gasteiger partial charge in [-0.3, -0.25) is 9.59 Å². The Morgan fingerprint density at radius 2 is 2.07 bits per heavy atom. The largest absolute Gasteiger partial charge is 0.481 e. The molecule has 0 radical (unpaired) electrons. The van der Waals surface area contributed by atoms with E-state index in [4.69, 9.17) is 10.8 Å². The van der Waals surface area contributed by atoms with E-state index < -0.39 is 11.9 Å². The molecule has 2 aliphatic rings. The molecule has 78 valence electrons. The monoisotopic (exact) mass is 198 g/mol. The molecule has 0 bridgehead atoms. The zero-order chi connectivity index (χ0) is 10.3. The van der Waals surface area contributed by atoms with Crippen LogP contribution in [0.4, 0.5) is 0 Å². The highest BCUT2D eigenvalue weighted by atomic mass is 16.4. The van der Waals surface area contributed by atoms with Crippen LogP contribution in [0.5, 0.6) is 0 Å². The molecule has 1 aliphatic heterocycles. The van der Waals surface area contributed by atoms with E-state index in [1.54, 1.807) is 4.90 Å². The molecule has 1 amide bonds. The van der Waals surface area contributed by atoms with Crippen LogP contribution >= 0.6 is 0 Å². The van der Waals surface area contributed by atoms with E-state index in [9.17, 15) is 9.59 Å². The number of hydrogen-bond acceptors (Lipinski definition) is 3. The molecule has 1 saturated heterocycles. The summed E-state index contributed by atoms with van der Waals surface area (Å²) >= 11 is 0. The highest BCUT2D eigenvalue weighted by Crippen LogP contribution is 2.40. The maximum atomic E-state index is 11.7. The molecule has 2 fully saturated rings. The fourth-order valence-corrected chi connectivity index (χ4v) is 1.96. The summed E-state index contributed by atoms with van der Waals surface area (Å²) in [5.74, 6) is -1.60. The topological polar surface area (TPSA) is 83.6 Å². The normalized spacial score (nSPS) is 35.8. The number of hydrogen-bond donors (Lipinski definition) is 2. The van der Waals surface area contributed by atoms with Gasteiger partial charge in [0.2, 0.25) is 5.91 Å². The summed E-state index contributed by atoms with van der Waals surface area (Å²) < 4.78 is 0. The zero-order valence-corrected chi connectivity index (χ0v) is 7.85. The maximum absolute atomic E-state index is 11.7. The number of nitrogens with two attached hydrogens (primary N) is 1. The van der Waals surface area contributed by atoms with Crippen molar-refractivity contribution in [3.63, 3.8) is 0 Å². The summed E-state index contributed by atoms with van der Waals surface area (Å²) in [4.78, 5) is 23.9. The molecule has 1 heterocycles. The average molecular weight is 198 g/mol. The SMILES string of the molecule is NC1CCN(C(=O)[C@@H]2C[C@@H]2C(=O)O)C1. The van der Waals surface area contributed by atoms with Gasteiger partial charge in [-0.15, -0.1) is 0 Å². The molecule has 3 N–H and O–H groups in total. The van der Waals surface area contributed by atoms with Crippen LogP contribution in [0.15, 0.2) is 0 Å². The minimum atomic E-state index is -0.855. The van der Waals surface area contributed by atoms with Gasteiger partial charge in [0.15, 0.2) is 0 Å². The molecule has 3 atom stereocenters. The fourth-order valence-electron chi connectivity index (χ4n) is 1.96. The minimum absolute atomic E-state index is 0.0228. The number of likely N-dealkylation sites (tertiary alicyclic amines) is 1. The van der Waals surface area contributed by atoms with Crippen LogP contribution in [0.1, 0.15) is 12.8 Å². The Morgan fingerprint density at radius 3 is 2.50 bits per heavy atom. The molecular formula is C9H14N2O3. The number of carboxylic acid groups (broad SMARTS) is 1. The van der Waals surface area contributed by atoms with Crippen molar-refractivity contribution in [3.8, 4) is 0 Å². The van der Waals surface area contributed by atoms with Crippen molar-refractivity contribution in [1.82, 2.24) is 4.90 Å². The summed E-state index contributed by atoms with van der Waals surface area (Å²) in [7, 11) is 0. The van der Waals surface area contributed by atoms with Crippen molar-refractivity contribution in [2.45, 2.75) is 18.9 Å². The van der Waals surface area contributed by atoms with E-state index in [2.05, 4.69) is 0 Å². The number of carboxylic acids is 1. The smallest absolute Gasteiger partial charge is 0.307 e. The lowest BCUT2D eigenvalue weighted by molar-refractivity contribution is -0.141. The number of carbonyl (C=O) groups excluding carboxylic acids is 1. The van der Waals surface area contributed by atoms with Crippen molar-refractivity contribution in [2.24, 2.45) is 17.6 Å². The third-order valence-corrected chi connectivity index (χ3v) is 2.96. The van der Waals surface area contributed by atoms with Crippen molar-refractivity contribution in [3.05, 3.63) is 0 Å². The second-order valence-electron chi connectivity index (χ2n) is 4.12. The first kappa shape index (κ1) is 9.45. The van der Waals surface area contributed by atoms with Crippen molar-refractivity contribution < 1.29 is 14.7 Å². The summed E-state index contributed by atoms with van der Waals surface area (Å²) in [6.45, 7) is 1.27. The molecule has 0 aromatic heterocycles. The average Bonchev–Trinajstić information content (AvgIpc) is 2.82. The van der Waals surface area contributed by atoms with E-state index in [0.29, 0.717) is 19.5 Å². The van der Waals surface area contributed by atoms with E-state index >= 15 is 0 Å². The van der Waals surface area contributed by atoms with E-state index in [0.717, 1.165) is 6.42 Å². The predicted molar refractivity (Wildman–Crippen MR) is 48.4 cm³/mol.